The molecule has 0 atom stereocenters. The molecule has 19 heavy (non-hydrogen) atoms. The summed E-state index contributed by atoms with van der Waals surface area (Å²) in [6, 6.07) is 5.79. The van der Waals surface area contributed by atoms with Gasteiger partial charge in [0, 0.05) is 11.6 Å². The van der Waals surface area contributed by atoms with Gasteiger partial charge in [-0.2, -0.15) is 0 Å². The Kier molecular flexibility index (Phi) is 6.27. The fourth-order valence-electron chi connectivity index (χ4n) is 1.27. The summed E-state index contributed by atoms with van der Waals surface area (Å²) in [5.41, 5.74) is 0. The summed E-state index contributed by atoms with van der Waals surface area (Å²) in [7, 11) is -3.61. The lowest BCUT2D eigenvalue weighted by Gasteiger charge is -2.07. The van der Waals surface area contributed by atoms with Crippen molar-refractivity contribution >= 4 is 27.6 Å². The number of esters is 1. The Morgan fingerprint density at radius 1 is 1.32 bits per heavy atom. The molecule has 1 rings (SSSR count). The van der Waals surface area contributed by atoms with Crippen molar-refractivity contribution in [1.82, 2.24) is 4.72 Å². The SMILES string of the molecule is CCCOC(=O)CCNS(=O)(=O)c1ccc(Cl)cc1. The maximum absolute atomic E-state index is 11.8. The van der Waals surface area contributed by atoms with Crippen LogP contribution in [0.1, 0.15) is 19.8 Å². The molecule has 0 bridgehead atoms. The summed E-state index contributed by atoms with van der Waals surface area (Å²) in [6.07, 6.45) is 0.745. The Bertz CT molecular complexity index is 513. The zero-order valence-electron chi connectivity index (χ0n) is 10.6. The average molecular weight is 306 g/mol. The Labute approximate surface area is 118 Å². The summed E-state index contributed by atoms with van der Waals surface area (Å²) in [4.78, 5) is 11.3. The van der Waals surface area contributed by atoms with Crippen LogP contribution in [0.15, 0.2) is 29.2 Å². The fraction of sp³-hybridized carbons (Fsp3) is 0.417. The van der Waals surface area contributed by atoms with Gasteiger partial charge in [-0.05, 0) is 30.7 Å². The van der Waals surface area contributed by atoms with Crippen LogP contribution < -0.4 is 4.72 Å². The van der Waals surface area contributed by atoms with Crippen LogP contribution in [-0.2, 0) is 19.6 Å². The lowest BCUT2D eigenvalue weighted by Crippen LogP contribution is -2.26. The monoisotopic (exact) mass is 305 g/mol. The van der Waals surface area contributed by atoms with Crippen molar-refractivity contribution in [3.8, 4) is 0 Å². The molecule has 0 saturated carbocycles. The van der Waals surface area contributed by atoms with Gasteiger partial charge in [0.05, 0.1) is 17.9 Å². The van der Waals surface area contributed by atoms with Crippen LogP contribution >= 0.6 is 11.6 Å². The van der Waals surface area contributed by atoms with E-state index in [1.807, 2.05) is 6.92 Å². The zero-order valence-corrected chi connectivity index (χ0v) is 12.1. The molecule has 0 unspecified atom stereocenters. The molecule has 0 amide bonds. The molecular weight excluding hydrogens is 290 g/mol. The highest BCUT2D eigenvalue weighted by Gasteiger charge is 2.14. The number of halogens is 1. The number of nitrogens with one attached hydrogen (secondary N) is 1. The first-order valence-electron chi connectivity index (χ1n) is 5.86. The van der Waals surface area contributed by atoms with E-state index in [1.54, 1.807) is 0 Å². The van der Waals surface area contributed by atoms with Crippen LogP contribution in [0.25, 0.3) is 0 Å². The molecule has 0 spiro atoms. The van der Waals surface area contributed by atoms with E-state index in [0.717, 1.165) is 6.42 Å². The first kappa shape index (κ1) is 15.9. The molecule has 106 valence electrons. The molecular formula is C12H16ClNO4S. The Morgan fingerprint density at radius 3 is 2.53 bits per heavy atom. The van der Waals surface area contributed by atoms with Crippen LogP contribution in [-0.4, -0.2) is 27.5 Å². The maximum Gasteiger partial charge on any atom is 0.307 e. The van der Waals surface area contributed by atoms with Crippen LogP contribution in [0, 0.1) is 0 Å². The lowest BCUT2D eigenvalue weighted by atomic mass is 10.4. The van der Waals surface area contributed by atoms with Crippen molar-refractivity contribution in [1.29, 1.82) is 0 Å². The van der Waals surface area contributed by atoms with E-state index in [-0.39, 0.29) is 17.9 Å². The van der Waals surface area contributed by atoms with E-state index < -0.39 is 16.0 Å². The van der Waals surface area contributed by atoms with E-state index >= 15 is 0 Å². The second kappa shape index (κ2) is 7.47. The molecule has 0 fully saturated rings. The van der Waals surface area contributed by atoms with Crippen molar-refractivity contribution in [2.24, 2.45) is 0 Å². The first-order valence-corrected chi connectivity index (χ1v) is 7.72. The molecule has 0 radical (unpaired) electrons. The van der Waals surface area contributed by atoms with E-state index in [4.69, 9.17) is 16.3 Å². The normalized spacial score (nSPS) is 11.3. The molecule has 7 heteroatoms. The number of carbonyl (C=O) groups is 1. The Morgan fingerprint density at radius 2 is 1.95 bits per heavy atom. The van der Waals surface area contributed by atoms with Gasteiger partial charge in [-0.15, -0.1) is 0 Å². The van der Waals surface area contributed by atoms with Crippen LogP contribution in [0.4, 0.5) is 0 Å². The summed E-state index contributed by atoms with van der Waals surface area (Å²) < 4.78 is 30.8. The smallest absolute Gasteiger partial charge is 0.307 e. The zero-order chi connectivity index (χ0) is 14.3. The van der Waals surface area contributed by atoms with Gasteiger partial charge >= 0.3 is 5.97 Å². The number of hydrogen-bond donors (Lipinski definition) is 1. The third-order valence-electron chi connectivity index (χ3n) is 2.21. The number of rotatable bonds is 7. The van der Waals surface area contributed by atoms with E-state index in [0.29, 0.717) is 11.6 Å². The topological polar surface area (TPSA) is 72.5 Å². The molecule has 0 aliphatic heterocycles. The largest absolute Gasteiger partial charge is 0.466 e. The summed E-state index contributed by atoms with van der Waals surface area (Å²) in [6.45, 7) is 2.24. The van der Waals surface area contributed by atoms with Gasteiger partial charge in [-0.1, -0.05) is 18.5 Å². The van der Waals surface area contributed by atoms with E-state index in [1.165, 1.54) is 24.3 Å². The standard InChI is InChI=1S/C12H16ClNO4S/c1-2-9-18-12(15)7-8-14-19(16,17)11-5-3-10(13)4-6-11/h3-6,14H,2,7-9H2,1H3. The number of benzene rings is 1. The predicted molar refractivity (Wildman–Crippen MR) is 72.5 cm³/mol. The van der Waals surface area contributed by atoms with Gasteiger partial charge in [0.1, 0.15) is 0 Å². The van der Waals surface area contributed by atoms with Crippen LogP contribution in [0.5, 0.6) is 0 Å². The van der Waals surface area contributed by atoms with Crippen molar-refractivity contribution in [3.63, 3.8) is 0 Å². The van der Waals surface area contributed by atoms with Gasteiger partial charge < -0.3 is 4.74 Å². The highest BCUT2D eigenvalue weighted by Crippen LogP contribution is 2.13. The average Bonchev–Trinajstić information content (AvgIpc) is 2.36. The molecule has 1 aromatic carbocycles. The Balaban J connectivity index is 2.47. The van der Waals surface area contributed by atoms with Crippen molar-refractivity contribution in [2.45, 2.75) is 24.7 Å². The number of ether oxygens (including phenoxy) is 1. The second-order valence-corrected chi connectivity index (χ2v) is 6.03. The molecule has 1 N–H and O–H groups in total. The molecule has 0 saturated heterocycles. The van der Waals surface area contributed by atoms with Gasteiger partial charge in [0.15, 0.2) is 0 Å². The summed E-state index contributed by atoms with van der Waals surface area (Å²) >= 11 is 5.68. The predicted octanol–water partition coefficient (Wildman–Crippen LogP) is 1.96. The molecule has 5 nitrogen and oxygen atoms in total. The van der Waals surface area contributed by atoms with Crippen molar-refractivity contribution < 1.29 is 17.9 Å². The molecule has 0 aliphatic carbocycles. The maximum atomic E-state index is 11.8. The molecule has 1 aromatic rings. The van der Waals surface area contributed by atoms with Gasteiger partial charge in [-0.25, -0.2) is 13.1 Å². The minimum absolute atomic E-state index is 0.00677. The highest BCUT2D eigenvalue weighted by atomic mass is 35.5. The minimum atomic E-state index is -3.61. The van der Waals surface area contributed by atoms with Crippen LogP contribution in [0.3, 0.4) is 0 Å². The quantitative estimate of drug-likeness (QED) is 0.782. The number of sulfonamides is 1. The second-order valence-electron chi connectivity index (χ2n) is 3.82. The van der Waals surface area contributed by atoms with E-state index in [9.17, 15) is 13.2 Å². The number of hydrogen-bond acceptors (Lipinski definition) is 4. The third-order valence-corrected chi connectivity index (χ3v) is 3.94. The minimum Gasteiger partial charge on any atom is -0.466 e. The first-order chi connectivity index (χ1) is 8.95. The summed E-state index contributed by atoms with van der Waals surface area (Å²) in [5.74, 6) is -0.416. The molecule has 0 aromatic heterocycles. The molecule has 0 aliphatic rings. The van der Waals surface area contributed by atoms with Gasteiger partial charge in [0.25, 0.3) is 0 Å². The summed E-state index contributed by atoms with van der Waals surface area (Å²) in [5, 5.41) is 0.460. The van der Waals surface area contributed by atoms with Gasteiger partial charge in [-0.3, -0.25) is 4.79 Å². The third kappa shape index (κ3) is 5.59. The van der Waals surface area contributed by atoms with Crippen LogP contribution in [0.2, 0.25) is 5.02 Å². The molecule has 0 heterocycles. The fourth-order valence-corrected chi connectivity index (χ4v) is 2.43. The number of carbonyl (C=O) groups excluding carboxylic acids is 1. The van der Waals surface area contributed by atoms with Gasteiger partial charge in [0.2, 0.25) is 10.0 Å². The Hall–Kier alpha value is -1.11. The van der Waals surface area contributed by atoms with Crippen molar-refractivity contribution in [2.75, 3.05) is 13.2 Å². The van der Waals surface area contributed by atoms with Crippen molar-refractivity contribution in [3.05, 3.63) is 29.3 Å². The highest BCUT2D eigenvalue weighted by molar-refractivity contribution is 7.89. The van der Waals surface area contributed by atoms with E-state index in [2.05, 4.69) is 4.72 Å². The lowest BCUT2D eigenvalue weighted by molar-refractivity contribution is -0.143.